The van der Waals surface area contributed by atoms with E-state index in [0.29, 0.717) is 5.92 Å². The Labute approximate surface area is 410 Å². The van der Waals surface area contributed by atoms with E-state index < -0.39 is 5.41 Å². The van der Waals surface area contributed by atoms with E-state index in [1.165, 1.54) is 61.4 Å². The van der Waals surface area contributed by atoms with Crippen molar-refractivity contribution in [2.75, 3.05) is 14.7 Å². The van der Waals surface area contributed by atoms with E-state index in [0.717, 1.165) is 46.2 Å². The zero-order valence-corrected chi connectivity index (χ0v) is 38.7. The van der Waals surface area contributed by atoms with Crippen LogP contribution in [0.2, 0.25) is 0 Å². The lowest BCUT2D eigenvalue weighted by Gasteiger charge is -2.45. The van der Waals surface area contributed by atoms with Crippen LogP contribution in [-0.2, 0) is 5.41 Å². The molecular weight excluding hydrogens is 847 g/mol. The number of hydrogen-bond acceptors (Lipinski definition) is 3. The van der Waals surface area contributed by atoms with Crippen LogP contribution in [0.15, 0.2) is 279 Å². The molecule has 0 aromatic heterocycles. The third-order valence-corrected chi connectivity index (χ3v) is 14.5. The Hall–Kier alpha value is -8.92. The highest BCUT2D eigenvalue weighted by Crippen LogP contribution is 2.64. The first-order chi connectivity index (χ1) is 34.7. The molecule has 13 rings (SSSR count). The Morgan fingerprint density at radius 2 is 0.829 bits per heavy atom. The zero-order chi connectivity index (χ0) is 46.4. The summed E-state index contributed by atoms with van der Waals surface area (Å²) in [7, 11) is 0. The molecule has 0 fully saturated rings. The summed E-state index contributed by atoms with van der Waals surface area (Å²) in [4.78, 5) is 7.33. The molecule has 10 aromatic rings. The van der Waals surface area contributed by atoms with E-state index in [1.807, 2.05) is 0 Å². The minimum absolute atomic E-state index is 0.327. The van der Waals surface area contributed by atoms with E-state index >= 15 is 0 Å². The predicted octanol–water partition coefficient (Wildman–Crippen LogP) is 18.0. The van der Waals surface area contributed by atoms with Gasteiger partial charge >= 0.3 is 0 Å². The molecular formula is C67H49N3. The molecule has 1 unspecified atom stereocenters. The van der Waals surface area contributed by atoms with Gasteiger partial charge in [0.2, 0.25) is 0 Å². The summed E-state index contributed by atoms with van der Waals surface area (Å²) in [5.41, 5.74) is 20.6. The first-order valence-corrected chi connectivity index (χ1v) is 24.4. The van der Waals surface area contributed by atoms with Crippen molar-refractivity contribution in [1.29, 1.82) is 0 Å². The fraction of sp³-hybridized carbons (Fsp3) is 0.0448. The number of allylic oxidation sites excluding steroid dienone is 4. The molecule has 70 heavy (non-hydrogen) atoms. The van der Waals surface area contributed by atoms with Crippen LogP contribution in [0.4, 0.5) is 51.2 Å². The highest BCUT2D eigenvalue weighted by Gasteiger charge is 2.52. The largest absolute Gasteiger partial charge is 0.310 e. The molecule has 2 aliphatic carbocycles. The highest BCUT2D eigenvalue weighted by molar-refractivity contribution is 5.98. The molecule has 0 N–H and O–H groups in total. The SMILES string of the molecule is C1=CCC(c2cccc(N(c3ccccc3)c3ccc4c(c3)C3(c5cc(N(c6ccccc6)c6cccc(-c7ccccc7)c6)ccc5-4)c4ccccc4N(c4ccccc4)c4ccccc43)c2)C=C1. The second-order valence-electron chi connectivity index (χ2n) is 18.4. The van der Waals surface area contributed by atoms with Gasteiger partial charge in [-0.1, -0.05) is 182 Å². The average Bonchev–Trinajstić information content (AvgIpc) is 3.72. The second-order valence-corrected chi connectivity index (χ2v) is 18.4. The van der Waals surface area contributed by atoms with Gasteiger partial charge in [-0.2, -0.15) is 0 Å². The number of nitrogens with zero attached hydrogens (tertiary/aromatic N) is 3. The Morgan fingerprint density at radius 3 is 1.40 bits per heavy atom. The molecule has 1 atom stereocenters. The molecule has 1 heterocycles. The van der Waals surface area contributed by atoms with Crippen LogP contribution in [0.1, 0.15) is 40.2 Å². The number of para-hydroxylation sites is 5. The fourth-order valence-corrected chi connectivity index (χ4v) is 11.5. The molecule has 3 heteroatoms. The monoisotopic (exact) mass is 895 g/mol. The van der Waals surface area contributed by atoms with Gasteiger partial charge in [0.15, 0.2) is 0 Å². The van der Waals surface area contributed by atoms with Gasteiger partial charge in [-0.3, -0.25) is 0 Å². The molecule has 332 valence electrons. The summed E-state index contributed by atoms with van der Waals surface area (Å²) in [5.74, 6) is 0.327. The zero-order valence-electron chi connectivity index (χ0n) is 38.7. The van der Waals surface area contributed by atoms with Crippen LogP contribution in [0.25, 0.3) is 22.3 Å². The van der Waals surface area contributed by atoms with Gasteiger partial charge < -0.3 is 14.7 Å². The maximum absolute atomic E-state index is 2.50. The van der Waals surface area contributed by atoms with Crippen LogP contribution < -0.4 is 14.7 Å². The minimum atomic E-state index is -0.702. The third-order valence-electron chi connectivity index (χ3n) is 14.5. The molecule has 0 saturated heterocycles. The number of anilines is 9. The molecule has 0 saturated carbocycles. The van der Waals surface area contributed by atoms with E-state index in [4.69, 9.17) is 0 Å². The molecule has 1 aliphatic heterocycles. The molecule has 0 radical (unpaired) electrons. The maximum atomic E-state index is 2.50. The molecule has 3 nitrogen and oxygen atoms in total. The number of fused-ring (bicyclic) bond motifs is 9. The third kappa shape index (κ3) is 6.81. The van der Waals surface area contributed by atoms with Crippen molar-refractivity contribution >= 4 is 51.2 Å². The van der Waals surface area contributed by atoms with E-state index in [2.05, 4.69) is 294 Å². The lowest BCUT2D eigenvalue weighted by molar-refractivity contribution is 0.752. The van der Waals surface area contributed by atoms with Crippen molar-refractivity contribution in [3.05, 3.63) is 307 Å². The van der Waals surface area contributed by atoms with Gasteiger partial charge in [-0.25, -0.2) is 0 Å². The Bertz CT molecular complexity index is 3550. The van der Waals surface area contributed by atoms with E-state index in [1.54, 1.807) is 0 Å². The second kappa shape index (κ2) is 17.3. The van der Waals surface area contributed by atoms with Crippen molar-refractivity contribution < 1.29 is 0 Å². The van der Waals surface area contributed by atoms with Crippen LogP contribution in [0.3, 0.4) is 0 Å². The van der Waals surface area contributed by atoms with Crippen LogP contribution >= 0.6 is 0 Å². The van der Waals surface area contributed by atoms with Crippen molar-refractivity contribution in [2.45, 2.75) is 17.8 Å². The first-order valence-electron chi connectivity index (χ1n) is 24.4. The Morgan fingerprint density at radius 1 is 0.357 bits per heavy atom. The quantitative estimate of drug-likeness (QED) is 0.143. The summed E-state index contributed by atoms with van der Waals surface area (Å²) in [6.45, 7) is 0. The van der Waals surface area contributed by atoms with E-state index in [9.17, 15) is 0 Å². The van der Waals surface area contributed by atoms with Gasteiger partial charge in [0.1, 0.15) is 0 Å². The summed E-state index contributed by atoms with van der Waals surface area (Å²) < 4.78 is 0. The molecule has 0 bridgehead atoms. The summed E-state index contributed by atoms with van der Waals surface area (Å²) in [5, 5.41) is 0. The Balaban J connectivity index is 1.07. The van der Waals surface area contributed by atoms with Gasteiger partial charge in [0, 0.05) is 45.7 Å². The van der Waals surface area contributed by atoms with Gasteiger partial charge in [-0.15, -0.1) is 0 Å². The summed E-state index contributed by atoms with van der Waals surface area (Å²) in [6.07, 6.45) is 9.92. The summed E-state index contributed by atoms with van der Waals surface area (Å²) >= 11 is 0. The highest BCUT2D eigenvalue weighted by atomic mass is 15.2. The van der Waals surface area contributed by atoms with Crippen LogP contribution in [0.5, 0.6) is 0 Å². The lowest BCUT2D eigenvalue weighted by Crippen LogP contribution is -2.36. The lowest BCUT2D eigenvalue weighted by atomic mass is 9.64. The number of benzene rings is 10. The smallest absolute Gasteiger partial charge is 0.0755 e. The van der Waals surface area contributed by atoms with Crippen LogP contribution in [-0.4, -0.2) is 0 Å². The first kappa shape index (κ1) is 41.3. The molecule has 10 aromatic carbocycles. The minimum Gasteiger partial charge on any atom is -0.310 e. The van der Waals surface area contributed by atoms with Crippen molar-refractivity contribution in [1.82, 2.24) is 0 Å². The van der Waals surface area contributed by atoms with Crippen molar-refractivity contribution in [2.24, 2.45) is 0 Å². The van der Waals surface area contributed by atoms with Crippen LogP contribution in [0, 0.1) is 0 Å². The van der Waals surface area contributed by atoms with E-state index in [-0.39, 0.29) is 0 Å². The fourth-order valence-electron chi connectivity index (χ4n) is 11.5. The predicted molar refractivity (Wildman–Crippen MR) is 292 cm³/mol. The summed E-state index contributed by atoms with van der Waals surface area (Å²) in [6, 6.07) is 93.9. The standard InChI is InChI=1S/C67H49N3/c1-6-22-48(23-7-1)50-26-20-34-55(44-50)68(52-28-10-3-11-29-52)57-40-42-59-60-43-41-58(69(53-30-12-4-13-31-53)56-35-21-27-51(45-56)49-24-8-2-9-25-49)47-64(60)67(63(59)46-57)61-36-16-18-38-65(61)70(54-32-14-5-15-33-54)66-39-19-17-37-62(66)67/h1-24,26-47,49H,25H2. The Kier molecular flexibility index (Phi) is 10.2. The van der Waals surface area contributed by atoms with Gasteiger partial charge in [0.25, 0.3) is 0 Å². The topological polar surface area (TPSA) is 9.72 Å². The molecule has 3 aliphatic rings. The average molecular weight is 896 g/mol. The maximum Gasteiger partial charge on any atom is 0.0755 e. The normalized spacial score (nSPS) is 14.6. The van der Waals surface area contributed by atoms with Crippen molar-refractivity contribution in [3.8, 4) is 22.3 Å². The number of rotatable bonds is 9. The van der Waals surface area contributed by atoms with Crippen molar-refractivity contribution in [3.63, 3.8) is 0 Å². The van der Waals surface area contributed by atoms with Gasteiger partial charge in [-0.05, 0) is 154 Å². The number of hydrogen-bond donors (Lipinski definition) is 0. The molecule has 0 amide bonds. The van der Waals surface area contributed by atoms with Gasteiger partial charge in [0.05, 0.1) is 16.8 Å². The molecule has 1 spiro atoms.